The minimum absolute atomic E-state index is 0.232. The van der Waals surface area contributed by atoms with E-state index in [-0.39, 0.29) is 6.61 Å². The lowest BCUT2D eigenvalue weighted by Crippen LogP contribution is -2.52. The SMILES string of the molecule is CC1CN(c2nccnc2C#N)CCN1CCCO. The molecule has 0 bridgehead atoms. The van der Waals surface area contributed by atoms with Gasteiger partial charge in [0, 0.05) is 51.2 Å². The Hall–Kier alpha value is -1.71. The van der Waals surface area contributed by atoms with Gasteiger partial charge in [0.1, 0.15) is 6.07 Å². The van der Waals surface area contributed by atoms with Crippen molar-refractivity contribution in [2.45, 2.75) is 19.4 Å². The molecule has 2 rings (SSSR count). The highest BCUT2D eigenvalue weighted by atomic mass is 16.3. The highest BCUT2D eigenvalue weighted by Crippen LogP contribution is 2.19. The number of aliphatic hydroxyl groups is 1. The van der Waals surface area contributed by atoms with Crippen LogP contribution in [0.1, 0.15) is 19.0 Å². The van der Waals surface area contributed by atoms with E-state index in [0.29, 0.717) is 17.6 Å². The molecule has 1 aliphatic rings. The molecule has 0 aliphatic carbocycles. The van der Waals surface area contributed by atoms with Crippen molar-refractivity contribution >= 4 is 5.82 Å². The molecular weight excluding hydrogens is 242 g/mol. The number of rotatable bonds is 4. The second-order valence-corrected chi connectivity index (χ2v) is 4.75. The number of nitriles is 1. The molecule has 1 N–H and O–H groups in total. The molecule has 0 saturated carbocycles. The zero-order valence-electron chi connectivity index (χ0n) is 11.2. The summed E-state index contributed by atoms with van der Waals surface area (Å²) in [5, 5.41) is 18.0. The fourth-order valence-corrected chi connectivity index (χ4v) is 2.43. The van der Waals surface area contributed by atoms with E-state index in [4.69, 9.17) is 10.4 Å². The van der Waals surface area contributed by atoms with Gasteiger partial charge in [0.05, 0.1) is 0 Å². The molecule has 2 heterocycles. The lowest BCUT2D eigenvalue weighted by Gasteiger charge is -2.40. The molecule has 1 fully saturated rings. The van der Waals surface area contributed by atoms with Crippen LogP contribution in [0.15, 0.2) is 12.4 Å². The first-order valence-corrected chi connectivity index (χ1v) is 6.57. The van der Waals surface area contributed by atoms with Crippen molar-refractivity contribution in [3.05, 3.63) is 18.1 Å². The summed E-state index contributed by atoms with van der Waals surface area (Å²) in [6, 6.07) is 2.47. The van der Waals surface area contributed by atoms with E-state index in [1.165, 1.54) is 0 Å². The Bertz CT molecular complexity index is 459. The van der Waals surface area contributed by atoms with Crippen LogP contribution < -0.4 is 4.90 Å². The van der Waals surface area contributed by atoms with E-state index in [0.717, 1.165) is 32.6 Å². The van der Waals surface area contributed by atoms with Crippen LogP contribution in [0.5, 0.6) is 0 Å². The lowest BCUT2D eigenvalue weighted by molar-refractivity contribution is 0.168. The smallest absolute Gasteiger partial charge is 0.183 e. The van der Waals surface area contributed by atoms with Crippen LogP contribution in [-0.4, -0.2) is 58.8 Å². The first-order chi connectivity index (χ1) is 9.26. The van der Waals surface area contributed by atoms with Gasteiger partial charge >= 0.3 is 0 Å². The maximum Gasteiger partial charge on any atom is 0.183 e. The Morgan fingerprint density at radius 3 is 2.89 bits per heavy atom. The molecule has 0 amide bonds. The molecule has 102 valence electrons. The summed E-state index contributed by atoms with van der Waals surface area (Å²) >= 11 is 0. The Labute approximate surface area is 113 Å². The fourth-order valence-electron chi connectivity index (χ4n) is 2.43. The average Bonchev–Trinajstić information content (AvgIpc) is 2.46. The Morgan fingerprint density at radius 2 is 2.21 bits per heavy atom. The number of piperazine rings is 1. The number of anilines is 1. The van der Waals surface area contributed by atoms with Crippen LogP contribution in [0.4, 0.5) is 5.82 Å². The van der Waals surface area contributed by atoms with Crippen LogP contribution >= 0.6 is 0 Å². The summed E-state index contributed by atoms with van der Waals surface area (Å²) in [5.74, 6) is 0.679. The van der Waals surface area contributed by atoms with E-state index < -0.39 is 0 Å². The van der Waals surface area contributed by atoms with Gasteiger partial charge in [-0.3, -0.25) is 4.90 Å². The monoisotopic (exact) mass is 261 g/mol. The normalized spacial score (nSPS) is 20.3. The van der Waals surface area contributed by atoms with Crippen LogP contribution in [0.3, 0.4) is 0 Å². The molecule has 0 radical (unpaired) electrons. The topological polar surface area (TPSA) is 76.3 Å². The van der Waals surface area contributed by atoms with Gasteiger partial charge in [-0.15, -0.1) is 0 Å². The predicted molar refractivity (Wildman–Crippen MR) is 71.7 cm³/mol. The molecule has 1 saturated heterocycles. The summed E-state index contributed by atoms with van der Waals surface area (Å²) in [7, 11) is 0. The second kappa shape index (κ2) is 6.45. The summed E-state index contributed by atoms with van der Waals surface area (Å²) in [4.78, 5) is 12.8. The van der Waals surface area contributed by atoms with Crippen LogP contribution in [0.25, 0.3) is 0 Å². The highest BCUT2D eigenvalue weighted by molar-refractivity contribution is 5.49. The fraction of sp³-hybridized carbons (Fsp3) is 0.615. The van der Waals surface area contributed by atoms with Crippen molar-refractivity contribution in [1.82, 2.24) is 14.9 Å². The van der Waals surface area contributed by atoms with Crippen molar-refractivity contribution in [1.29, 1.82) is 5.26 Å². The van der Waals surface area contributed by atoms with Crippen molar-refractivity contribution < 1.29 is 5.11 Å². The maximum atomic E-state index is 9.07. The quantitative estimate of drug-likeness (QED) is 0.837. The molecular formula is C13H19N5O. The van der Waals surface area contributed by atoms with Crippen LogP contribution in [0.2, 0.25) is 0 Å². The summed E-state index contributed by atoms with van der Waals surface area (Å²) in [6.45, 7) is 5.89. The molecule has 1 aliphatic heterocycles. The van der Waals surface area contributed by atoms with Gasteiger partial charge in [-0.05, 0) is 13.3 Å². The molecule has 6 heteroatoms. The molecule has 0 aromatic carbocycles. The minimum Gasteiger partial charge on any atom is -0.396 e. The standard InChI is InChI=1S/C13H19N5O/c1-11-10-18(7-6-17(11)5-2-8-19)13-12(9-14)15-3-4-16-13/h3-4,11,19H,2,5-8,10H2,1H3. The number of aromatic nitrogens is 2. The number of aliphatic hydroxyl groups excluding tert-OH is 1. The number of nitrogens with zero attached hydrogens (tertiary/aromatic N) is 5. The van der Waals surface area contributed by atoms with E-state index in [9.17, 15) is 0 Å². The molecule has 0 spiro atoms. The predicted octanol–water partition coefficient (Wildman–Crippen LogP) is 0.241. The Kier molecular flexibility index (Phi) is 4.66. The summed E-state index contributed by atoms with van der Waals surface area (Å²) < 4.78 is 0. The van der Waals surface area contributed by atoms with E-state index in [2.05, 4.69) is 32.8 Å². The molecule has 1 atom stereocenters. The molecule has 6 nitrogen and oxygen atoms in total. The van der Waals surface area contributed by atoms with Gasteiger partial charge in [-0.1, -0.05) is 0 Å². The third kappa shape index (κ3) is 3.19. The van der Waals surface area contributed by atoms with Gasteiger partial charge in [-0.25, -0.2) is 9.97 Å². The largest absolute Gasteiger partial charge is 0.396 e. The molecule has 1 aromatic heterocycles. The third-order valence-corrected chi connectivity index (χ3v) is 3.45. The third-order valence-electron chi connectivity index (χ3n) is 3.45. The van der Waals surface area contributed by atoms with Crippen molar-refractivity contribution in [2.75, 3.05) is 37.7 Å². The van der Waals surface area contributed by atoms with E-state index in [1.807, 2.05) is 0 Å². The van der Waals surface area contributed by atoms with Crippen molar-refractivity contribution in [3.8, 4) is 6.07 Å². The van der Waals surface area contributed by atoms with Crippen molar-refractivity contribution in [3.63, 3.8) is 0 Å². The van der Waals surface area contributed by atoms with Gasteiger partial charge in [0.2, 0.25) is 0 Å². The zero-order chi connectivity index (χ0) is 13.7. The summed E-state index contributed by atoms with van der Waals surface area (Å²) in [5.41, 5.74) is 0.388. The van der Waals surface area contributed by atoms with E-state index >= 15 is 0 Å². The first-order valence-electron chi connectivity index (χ1n) is 6.57. The lowest BCUT2D eigenvalue weighted by atomic mass is 10.1. The van der Waals surface area contributed by atoms with Gasteiger partial charge in [-0.2, -0.15) is 5.26 Å². The van der Waals surface area contributed by atoms with Crippen LogP contribution in [-0.2, 0) is 0 Å². The maximum absolute atomic E-state index is 9.07. The van der Waals surface area contributed by atoms with Gasteiger partial charge < -0.3 is 10.0 Å². The van der Waals surface area contributed by atoms with E-state index in [1.54, 1.807) is 12.4 Å². The van der Waals surface area contributed by atoms with Gasteiger partial charge in [0.25, 0.3) is 0 Å². The van der Waals surface area contributed by atoms with Crippen LogP contribution in [0, 0.1) is 11.3 Å². The molecule has 1 unspecified atom stereocenters. The second-order valence-electron chi connectivity index (χ2n) is 4.75. The Morgan fingerprint density at radius 1 is 1.42 bits per heavy atom. The van der Waals surface area contributed by atoms with Gasteiger partial charge in [0.15, 0.2) is 11.5 Å². The number of hydrogen-bond donors (Lipinski definition) is 1. The van der Waals surface area contributed by atoms with Crippen molar-refractivity contribution in [2.24, 2.45) is 0 Å². The minimum atomic E-state index is 0.232. The highest BCUT2D eigenvalue weighted by Gasteiger charge is 2.25. The Balaban J connectivity index is 2.04. The zero-order valence-corrected chi connectivity index (χ0v) is 11.2. The average molecular weight is 261 g/mol. The molecule has 1 aromatic rings. The number of hydrogen-bond acceptors (Lipinski definition) is 6. The first kappa shape index (κ1) is 13.7. The summed E-state index contributed by atoms with van der Waals surface area (Å²) in [6.07, 6.45) is 3.97. The molecule has 19 heavy (non-hydrogen) atoms.